The summed E-state index contributed by atoms with van der Waals surface area (Å²) in [7, 11) is 0. The van der Waals surface area contributed by atoms with Crippen molar-refractivity contribution >= 4 is 0 Å². The minimum Gasteiger partial charge on any atom is -0.371 e. The molecular formula is C10H7FN2O3. The number of nitrogens with zero attached hydrogens (tertiary/aromatic N) is 1. The molecule has 0 amide bonds. The minimum atomic E-state index is -0.725. The van der Waals surface area contributed by atoms with Gasteiger partial charge >= 0.3 is 5.69 Å². The summed E-state index contributed by atoms with van der Waals surface area (Å²) < 4.78 is 13.6. The van der Waals surface area contributed by atoms with Crippen LogP contribution >= 0.6 is 0 Å². The van der Waals surface area contributed by atoms with Crippen LogP contribution in [0.3, 0.4) is 0 Å². The molecule has 0 spiro atoms. The van der Waals surface area contributed by atoms with Crippen molar-refractivity contribution in [2.75, 3.05) is 0 Å². The standard InChI is InChI=1S/C10H7FN2O3/c11-7-2-1-3-8(6-7)16-13-5-4-9(14)12-10(13)15/h1-6H,(H,12,14,15). The van der Waals surface area contributed by atoms with E-state index in [-0.39, 0.29) is 5.75 Å². The van der Waals surface area contributed by atoms with Gasteiger partial charge in [0.1, 0.15) is 5.82 Å². The highest BCUT2D eigenvalue weighted by molar-refractivity contribution is 5.22. The zero-order chi connectivity index (χ0) is 11.5. The summed E-state index contributed by atoms with van der Waals surface area (Å²) in [6, 6.07) is 6.43. The Morgan fingerprint density at radius 1 is 1.25 bits per heavy atom. The molecule has 1 heterocycles. The second-order valence-electron chi connectivity index (χ2n) is 2.98. The number of nitrogens with one attached hydrogen (secondary N) is 1. The second-order valence-corrected chi connectivity index (χ2v) is 2.98. The lowest BCUT2D eigenvalue weighted by Gasteiger charge is -2.05. The minimum absolute atomic E-state index is 0.161. The molecule has 0 aliphatic rings. The van der Waals surface area contributed by atoms with Crippen LogP contribution in [0, 0.1) is 5.82 Å². The predicted molar refractivity (Wildman–Crippen MR) is 53.7 cm³/mol. The first kappa shape index (κ1) is 10.2. The summed E-state index contributed by atoms with van der Waals surface area (Å²) in [5, 5.41) is 0. The van der Waals surface area contributed by atoms with Crippen molar-refractivity contribution in [1.82, 2.24) is 9.71 Å². The number of hydrogen-bond donors (Lipinski definition) is 1. The van der Waals surface area contributed by atoms with Gasteiger partial charge in [-0.15, -0.1) is 4.73 Å². The molecule has 0 saturated carbocycles. The van der Waals surface area contributed by atoms with Crippen molar-refractivity contribution < 1.29 is 9.23 Å². The van der Waals surface area contributed by atoms with E-state index in [1.54, 1.807) is 0 Å². The fourth-order valence-electron chi connectivity index (χ4n) is 1.11. The molecule has 0 bridgehead atoms. The molecule has 2 aromatic rings. The van der Waals surface area contributed by atoms with E-state index in [1.165, 1.54) is 18.2 Å². The van der Waals surface area contributed by atoms with Gasteiger partial charge in [-0.2, -0.15) is 0 Å². The Bertz CT molecular complexity index is 618. The van der Waals surface area contributed by atoms with E-state index in [4.69, 9.17) is 4.84 Å². The first-order valence-corrected chi connectivity index (χ1v) is 4.41. The lowest BCUT2D eigenvalue weighted by atomic mass is 10.3. The van der Waals surface area contributed by atoms with Crippen LogP contribution in [0.5, 0.6) is 5.75 Å². The Hall–Kier alpha value is -2.37. The van der Waals surface area contributed by atoms with Gasteiger partial charge in [0, 0.05) is 12.1 Å². The number of aromatic nitrogens is 2. The molecule has 0 fully saturated rings. The van der Waals surface area contributed by atoms with Crippen molar-refractivity contribution in [2.45, 2.75) is 0 Å². The largest absolute Gasteiger partial charge is 0.371 e. The topological polar surface area (TPSA) is 64.1 Å². The number of H-pyrrole nitrogens is 1. The third kappa shape index (κ3) is 2.17. The van der Waals surface area contributed by atoms with Gasteiger partial charge in [0.2, 0.25) is 0 Å². The van der Waals surface area contributed by atoms with Crippen LogP contribution in [0.25, 0.3) is 0 Å². The summed E-state index contributed by atoms with van der Waals surface area (Å²) in [6.07, 6.45) is 1.16. The predicted octanol–water partition coefficient (Wildman–Crippen LogP) is 0.518. The molecule has 5 nitrogen and oxygen atoms in total. The molecule has 0 atom stereocenters. The monoisotopic (exact) mass is 222 g/mol. The van der Waals surface area contributed by atoms with Crippen LogP contribution in [-0.4, -0.2) is 9.71 Å². The number of rotatable bonds is 2. The molecule has 0 aliphatic heterocycles. The number of hydrogen-bond acceptors (Lipinski definition) is 3. The maximum atomic E-state index is 12.8. The van der Waals surface area contributed by atoms with E-state index in [9.17, 15) is 14.0 Å². The van der Waals surface area contributed by atoms with Gasteiger partial charge in [0.15, 0.2) is 5.75 Å². The Labute approximate surface area is 88.7 Å². The first-order valence-electron chi connectivity index (χ1n) is 4.41. The molecule has 1 N–H and O–H groups in total. The lowest BCUT2D eigenvalue weighted by Crippen LogP contribution is -2.31. The van der Waals surface area contributed by atoms with E-state index in [1.807, 2.05) is 4.98 Å². The quantitative estimate of drug-likeness (QED) is 0.805. The van der Waals surface area contributed by atoms with Crippen molar-refractivity contribution in [1.29, 1.82) is 0 Å². The molecule has 2 rings (SSSR count). The maximum absolute atomic E-state index is 12.8. The smallest absolute Gasteiger partial charge is 0.361 e. The highest BCUT2D eigenvalue weighted by Crippen LogP contribution is 2.11. The third-order valence-corrected chi connectivity index (χ3v) is 1.79. The van der Waals surface area contributed by atoms with E-state index in [0.29, 0.717) is 0 Å². The SMILES string of the molecule is O=c1ccn(Oc2cccc(F)c2)c(=O)[nH]1. The summed E-state index contributed by atoms with van der Waals surface area (Å²) >= 11 is 0. The van der Waals surface area contributed by atoms with E-state index in [2.05, 4.69) is 0 Å². The normalized spacial score (nSPS) is 10.1. The highest BCUT2D eigenvalue weighted by Gasteiger charge is 2.00. The Morgan fingerprint density at radius 2 is 2.06 bits per heavy atom. The summed E-state index contributed by atoms with van der Waals surface area (Å²) in [4.78, 5) is 29.0. The van der Waals surface area contributed by atoms with Crippen LogP contribution in [0.1, 0.15) is 0 Å². The van der Waals surface area contributed by atoms with E-state index >= 15 is 0 Å². The van der Waals surface area contributed by atoms with Gasteiger partial charge in [-0.05, 0) is 12.1 Å². The third-order valence-electron chi connectivity index (χ3n) is 1.79. The lowest BCUT2D eigenvalue weighted by molar-refractivity contribution is 0.198. The van der Waals surface area contributed by atoms with Crippen molar-refractivity contribution in [3.63, 3.8) is 0 Å². The number of benzene rings is 1. The fraction of sp³-hybridized carbons (Fsp3) is 0. The highest BCUT2D eigenvalue weighted by atomic mass is 19.1. The van der Waals surface area contributed by atoms with Gasteiger partial charge in [-0.25, -0.2) is 9.18 Å². The van der Waals surface area contributed by atoms with Crippen LogP contribution in [0.2, 0.25) is 0 Å². The molecule has 0 saturated heterocycles. The Kier molecular flexibility index (Phi) is 2.55. The summed E-state index contributed by atoms with van der Waals surface area (Å²) in [5.41, 5.74) is -1.25. The van der Waals surface area contributed by atoms with Crippen molar-refractivity contribution in [3.8, 4) is 5.75 Å². The molecule has 6 heteroatoms. The maximum Gasteiger partial charge on any atom is 0.361 e. The van der Waals surface area contributed by atoms with Gasteiger partial charge < -0.3 is 4.84 Å². The zero-order valence-corrected chi connectivity index (χ0v) is 8.01. The summed E-state index contributed by atoms with van der Waals surface area (Å²) in [6.45, 7) is 0. The van der Waals surface area contributed by atoms with Crippen LogP contribution in [0.4, 0.5) is 4.39 Å². The van der Waals surface area contributed by atoms with Crippen LogP contribution < -0.4 is 16.1 Å². The Balaban J connectivity index is 2.34. The molecule has 82 valence electrons. The second kappa shape index (κ2) is 4.01. The van der Waals surface area contributed by atoms with Gasteiger partial charge in [-0.1, -0.05) is 6.07 Å². The van der Waals surface area contributed by atoms with E-state index in [0.717, 1.165) is 23.1 Å². The van der Waals surface area contributed by atoms with Crippen molar-refractivity contribution in [2.24, 2.45) is 0 Å². The van der Waals surface area contributed by atoms with Gasteiger partial charge in [0.05, 0.1) is 6.20 Å². The number of halogens is 1. The average molecular weight is 222 g/mol. The molecular weight excluding hydrogens is 215 g/mol. The first-order chi connectivity index (χ1) is 7.65. The van der Waals surface area contributed by atoms with Crippen LogP contribution in [-0.2, 0) is 0 Å². The average Bonchev–Trinajstić information content (AvgIpc) is 2.22. The molecule has 0 aliphatic carbocycles. The molecule has 0 unspecified atom stereocenters. The molecule has 1 aromatic heterocycles. The van der Waals surface area contributed by atoms with Crippen molar-refractivity contribution in [3.05, 3.63) is 63.2 Å². The van der Waals surface area contributed by atoms with Gasteiger partial charge in [0.25, 0.3) is 5.56 Å². The molecule has 1 aromatic carbocycles. The fourth-order valence-corrected chi connectivity index (χ4v) is 1.11. The number of aromatic amines is 1. The van der Waals surface area contributed by atoms with Gasteiger partial charge in [-0.3, -0.25) is 9.78 Å². The zero-order valence-electron chi connectivity index (χ0n) is 8.01. The Morgan fingerprint density at radius 3 is 2.75 bits per heavy atom. The molecule has 16 heavy (non-hydrogen) atoms. The van der Waals surface area contributed by atoms with Crippen LogP contribution in [0.15, 0.2) is 46.1 Å². The van der Waals surface area contributed by atoms with E-state index < -0.39 is 17.1 Å². The molecule has 0 radical (unpaired) electrons. The summed E-state index contributed by atoms with van der Waals surface area (Å²) in [5.74, 6) is -0.316.